The maximum absolute atomic E-state index is 13.0. The van der Waals surface area contributed by atoms with Gasteiger partial charge >= 0.3 is 0 Å². The molecule has 0 saturated carbocycles. The van der Waals surface area contributed by atoms with Crippen molar-refractivity contribution in [2.24, 2.45) is 0 Å². The molecule has 1 N–H and O–H groups in total. The highest BCUT2D eigenvalue weighted by Gasteiger charge is 2.11. The van der Waals surface area contributed by atoms with Gasteiger partial charge in [0, 0.05) is 29.5 Å². The molecule has 8 heteroatoms. The van der Waals surface area contributed by atoms with Crippen molar-refractivity contribution in [1.82, 2.24) is 19.5 Å². The number of anilines is 1. The fraction of sp³-hybridized carbons (Fsp3) is 0. The lowest BCUT2D eigenvalue weighted by molar-refractivity contribution is 0.102. The normalized spacial score (nSPS) is 10.7. The molecule has 0 aliphatic heterocycles. The maximum atomic E-state index is 13.0. The van der Waals surface area contributed by atoms with Crippen LogP contribution in [-0.4, -0.2) is 25.4 Å². The van der Waals surface area contributed by atoms with Crippen molar-refractivity contribution in [3.8, 4) is 17.1 Å². The third-order valence-corrected chi connectivity index (χ3v) is 4.40. The smallest absolute Gasteiger partial charge is 0.259 e. The summed E-state index contributed by atoms with van der Waals surface area (Å²) >= 11 is 1.30. The van der Waals surface area contributed by atoms with Crippen molar-refractivity contribution in [1.29, 1.82) is 0 Å². The Bertz CT molecular complexity index is 1030. The van der Waals surface area contributed by atoms with Gasteiger partial charge < -0.3 is 0 Å². The zero-order chi connectivity index (χ0) is 17.9. The Morgan fingerprint density at radius 3 is 2.69 bits per heavy atom. The van der Waals surface area contributed by atoms with Crippen LogP contribution in [0.15, 0.2) is 66.7 Å². The van der Waals surface area contributed by atoms with E-state index >= 15 is 0 Å². The molecule has 0 radical (unpaired) electrons. The van der Waals surface area contributed by atoms with Gasteiger partial charge in [-0.1, -0.05) is 0 Å². The van der Waals surface area contributed by atoms with Gasteiger partial charge in [0.15, 0.2) is 5.13 Å². The highest BCUT2D eigenvalue weighted by atomic mass is 32.1. The summed E-state index contributed by atoms with van der Waals surface area (Å²) < 4.78 is 14.7. The molecule has 3 aromatic heterocycles. The van der Waals surface area contributed by atoms with Crippen molar-refractivity contribution in [3.63, 3.8) is 0 Å². The zero-order valence-corrected chi connectivity index (χ0v) is 14.2. The number of benzene rings is 1. The molecule has 0 aliphatic carbocycles. The Kier molecular flexibility index (Phi) is 4.24. The second kappa shape index (κ2) is 6.85. The summed E-state index contributed by atoms with van der Waals surface area (Å²) in [7, 11) is 0. The van der Waals surface area contributed by atoms with Crippen LogP contribution in [0.4, 0.5) is 9.52 Å². The van der Waals surface area contributed by atoms with Gasteiger partial charge in [-0.2, -0.15) is 0 Å². The van der Waals surface area contributed by atoms with Crippen LogP contribution in [0.2, 0.25) is 0 Å². The largest absolute Gasteiger partial charge is 0.298 e. The number of pyridine rings is 1. The summed E-state index contributed by atoms with van der Waals surface area (Å²) in [4.78, 5) is 24.9. The first-order valence-electron chi connectivity index (χ1n) is 7.66. The number of rotatable bonds is 4. The molecular weight excluding hydrogens is 353 g/mol. The molecule has 128 valence electrons. The van der Waals surface area contributed by atoms with E-state index in [0.717, 1.165) is 5.56 Å². The molecule has 6 nitrogen and oxygen atoms in total. The number of carbonyl (C=O) groups is 1. The monoisotopic (exact) mass is 365 g/mol. The Morgan fingerprint density at radius 1 is 1.15 bits per heavy atom. The summed E-state index contributed by atoms with van der Waals surface area (Å²) in [5.41, 5.74) is 1.89. The molecule has 3 heterocycles. The number of hydrogen-bond acceptors (Lipinski definition) is 5. The zero-order valence-electron chi connectivity index (χ0n) is 13.3. The summed E-state index contributed by atoms with van der Waals surface area (Å²) in [6.45, 7) is 0. The molecule has 1 aromatic carbocycles. The van der Waals surface area contributed by atoms with E-state index in [0.29, 0.717) is 22.2 Å². The standard InChI is InChI=1S/C18H12FN5OS/c19-14-4-1-12(2-5-14)15-10-26-18(22-15)23-17(25)13-3-6-16(21-9-13)24-8-7-20-11-24/h1-11H,(H,22,23,25). The number of carbonyl (C=O) groups excluding carboxylic acids is 1. The third kappa shape index (κ3) is 3.35. The maximum Gasteiger partial charge on any atom is 0.259 e. The van der Waals surface area contributed by atoms with Gasteiger partial charge in [0.25, 0.3) is 5.91 Å². The van der Waals surface area contributed by atoms with Crippen LogP contribution in [0.5, 0.6) is 0 Å². The molecule has 0 spiro atoms. The van der Waals surface area contributed by atoms with Gasteiger partial charge in [0.1, 0.15) is 18.0 Å². The van der Waals surface area contributed by atoms with E-state index in [4.69, 9.17) is 0 Å². The average Bonchev–Trinajstić information content (AvgIpc) is 3.35. The highest BCUT2D eigenvalue weighted by molar-refractivity contribution is 7.14. The molecule has 26 heavy (non-hydrogen) atoms. The summed E-state index contributed by atoms with van der Waals surface area (Å²) in [6.07, 6.45) is 6.56. The lowest BCUT2D eigenvalue weighted by Gasteiger charge is -2.04. The lowest BCUT2D eigenvalue weighted by atomic mass is 10.2. The number of hydrogen-bond donors (Lipinski definition) is 1. The van der Waals surface area contributed by atoms with Crippen LogP contribution in [0.3, 0.4) is 0 Å². The first-order valence-corrected chi connectivity index (χ1v) is 8.54. The quantitative estimate of drug-likeness (QED) is 0.597. The van der Waals surface area contributed by atoms with Crippen molar-refractivity contribution in [2.45, 2.75) is 0 Å². The molecule has 4 rings (SSSR count). The van der Waals surface area contributed by atoms with Crippen molar-refractivity contribution >= 4 is 22.4 Å². The van der Waals surface area contributed by atoms with E-state index < -0.39 is 0 Å². The summed E-state index contributed by atoms with van der Waals surface area (Å²) in [5.74, 6) is 0.0747. The van der Waals surface area contributed by atoms with Gasteiger partial charge in [-0.15, -0.1) is 11.3 Å². The first-order chi connectivity index (χ1) is 12.7. The van der Waals surface area contributed by atoms with Crippen LogP contribution in [-0.2, 0) is 0 Å². The van der Waals surface area contributed by atoms with E-state index in [1.807, 2.05) is 5.38 Å². The van der Waals surface area contributed by atoms with Crippen LogP contribution in [0, 0.1) is 5.82 Å². The fourth-order valence-corrected chi connectivity index (χ4v) is 3.04. The SMILES string of the molecule is O=C(Nc1nc(-c2ccc(F)cc2)cs1)c1ccc(-n2ccnc2)nc1. The molecule has 0 saturated heterocycles. The first kappa shape index (κ1) is 16.1. The average molecular weight is 365 g/mol. The summed E-state index contributed by atoms with van der Waals surface area (Å²) in [6, 6.07) is 9.47. The Labute approximate surface area is 152 Å². The van der Waals surface area contributed by atoms with Crippen LogP contribution < -0.4 is 5.32 Å². The van der Waals surface area contributed by atoms with E-state index in [9.17, 15) is 9.18 Å². The van der Waals surface area contributed by atoms with Gasteiger partial charge in [0.2, 0.25) is 0 Å². The number of amides is 1. The molecule has 1 amide bonds. The molecular formula is C18H12FN5OS. The van der Waals surface area contributed by atoms with Crippen molar-refractivity contribution < 1.29 is 9.18 Å². The fourth-order valence-electron chi connectivity index (χ4n) is 2.32. The lowest BCUT2D eigenvalue weighted by Crippen LogP contribution is -2.12. The summed E-state index contributed by atoms with van der Waals surface area (Å²) in [5, 5.41) is 5.02. The second-order valence-corrected chi connectivity index (χ2v) is 6.23. The van der Waals surface area contributed by atoms with Crippen molar-refractivity contribution in [2.75, 3.05) is 5.32 Å². The Morgan fingerprint density at radius 2 is 2.00 bits per heavy atom. The van der Waals surface area contributed by atoms with Crippen LogP contribution in [0.25, 0.3) is 17.1 Å². The third-order valence-electron chi connectivity index (χ3n) is 3.64. The highest BCUT2D eigenvalue weighted by Crippen LogP contribution is 2.25. The minimum atomic E-state index is -0.302. The number of halogens is 1. The molecule has 0 aliphatic rings. The number of imidazole rings is 1. The van der Waals surface area contributed by atoms with Crippen LogP contribution >= 0.6 is 11.3 Å². The number of thiazole rings is 1. The van der Waals surface area contributed by atoms with Gasteiger partial charge in [0.05, 0.1) is 11.3 Å². The Balaban J connectivity index is 1.47. The topological polar surface area (TPSA) is 72.7 Å². The van der Waals surface area contributed by atoms with Crippen molar-refractivity contribution in [3.05, 3.63) is 78.1 Å². The second-order valence-electron chi connectivity index (χ2n) is 5.37. The van der Waals surface area contributed by atoms with Gasteiger partial charge in [-0.25, -0.2) is 19.3 Å². The molecule has 0 bridgehead atoms. The Hall–Kier alpha value is -3.39. The van der Waals surface area contributed by atoms with Gasteiger partial charge in [-0.05, 0) is 36.4 Å². The minimum absolute atomic E-state index is 0.297. The molecule has 0 atom stereocenters. The molecule has 0 fully saturated rings. The van der Waals surface area contributed by atoms with Crippen LogP contribution in [0.1, 0.15) is 10.4 Å². The number of nitrogens with zero attached hydrogens (tertiary/aromatic N) is 4. The van der Waals surface area contributed by atoms with E-state index in [2.05, 4.69) is 20.3 Å². The predicted molar refractivity (Wildman–Crippen MR) is 96.8 cm³/mol. The number of aromatic nitrogens is 4. The minimum Gasteiger partial charge on any atom is -0.298 e. The van der Waals surface area contributed by atoms with E-state index in [-0.39, 0.29) is 11.7 Å². The van der Waals surface area contributed by atoms with Gasteiger partial charge in [-0.3, -0.25) is 14.7 Å². The predicted octanol–water partition coefficient (Wildman–Crippen LogP) is 3.78. The molecule has 4 aromatic rings. The number of nitrogens with one attached hydrogen (secondary N) is 1. The van der Waals surface area contributed by atoms with E-state index in [1.165, 1.54) is 29.7 Å². The van der Waals surface area contributed by atoms with E-state index in [1.54, 1.807) is 47.6 Å². The molecule has 0 unspecified atom stereocenters.